The van der Waals surface area contributed by atoms with Crippen LogP contribution in [0.25, 0.3) is 0 Å². The van der Waals surface area contributed by atoms with Crippen molar-refractivity contribution >= 4 is 21.9 Å². The lowest BCUT2D eigenvalue weighted by Crippen LogP contribution is -1.96. The van der Waals surface area contributed by atoms with E-state index in [1.165, 1.54) is 0 Å². The molecule has 0 atom stereocenters. The number of hydrogen-bond donors (Lipinski definition) is 1. The second kappa shape index (κ2) is 5.12. The summed E-state index contributed by atoms with van der Waals surface area (Å²) in [6, 6.07) is 8.55. The molecule has 1 aromatic carbocycles. The van der Waals surface area contributed by atoms with Gasteiger partial charge in [-0.15, -0.1) is 0 Å². The first kappa shape index (κ1) is 11.1. The topological polar surface area (TPSA) is 51.0 Å². The fourth-order valence-electron chi connectivity index (χ4n) is 1.33. The molecule has 0 bridgehead atoms. The van der Waals surface area contributed by atoms with Crippen LogP contribution in [0.3, 0.4) is 0 Å². The van der Waals surface area contributed by atoms with E-state index in [4.69, 9.17) is 4.52 Å². The summed E-state index contributed by atoms with van der Waals surface area (Å²) >= 11 is 3.40. The van der Waals surface area contributed by atoms with Crippen LogP contribution in [0.2, 0.25) is 0 Å². The predicted molar refractivity (Wildman–Crippen MR) is 65.4 cm³/mol. The molecule has 0 aliphatic heterocycles. The summed E-state index contributed by atoms with van der Waals surface area (Å²) in [4.78, 5) is 4.22. The molecule has 84 valence electrons. The van der Waals surface area contributed by atoms with Crippen molar-refractivity contribution in [3.8, 4) is 0 Å². The van der Waals surface area contributed by atoms with Crippen LogP contribution in [0, 0.1) is 0 Å². The number of benzene rings is 1. The third kappa shape index (κ3) is 2.82. The van der Waals surface area contributed by atoms with Crippen molar-refractivity contribution < 1.29 is 4.52 Å². The van der Waals surface area contributed by atoms with Gasteiger partial charge in [0, 0.05) is 17.4 Å². The number of aromatic nitrogens is 2. The van der Waals surface area contributed by atoms with E-state index in [2.05, 4.69) is 31.4 Å². The van der Waals surface area contributed by atoms with Crippen LogP contribution in [-0.4, -0.2) is 16.7 Å². The van der Waals surface area contributed by atoms with Crippen molar-refractivity contribution in [3.63, 3.8) is 0 Å². The number of hydrogen-bond acceptors (Lipinski definition) is 4. The van der Waals surface area contributed by atoms with E-state index in [1.54, 1.807) is 0 Å². The molecule has 2 aromatic rings. The van der Waals surface area contributed by atoms with Crippen molar-refractivity contribution in [2.45, 2.75) is 13.3 Å². The molecule has 16 heavy (non-hydrogen) atoms. The number of anilines is 1. The molecule has 2 rings (SSSR count). The van der Waals surface area contributed by atoms with Gasteiger partial charge in [-0.3, -0.25) is 0 Å². The standard InChI is InChI=1S/C11H12BrN3O/c1-2-13-11-14-10(15-16-11)7-8-3-5-9(12)6-4-8/h3-6H,2,7H2,1H3,(H,13,14,15). The Morgan fingerprint density at radius 3 is 2.75 bits per heavy atom. The van der Waals surface area contributed by atoms with E-state index in [-0.39, 0.29) is 0 Å². The van der Waals surface area contributed by atoms with Gasteiger partial charge in [-0.1, -0.05) is 33.2 Å². The second-order valence-electron chi connectivity index (χ2n) is 3.35. The zero-order chi connectivity index (χ0) is 11.4. The molecule has 0 aliphatic carbocycles. The molecule has 0 saturated heterocycles. The van der Waals surface area contributed by atoms with Gasteiger partial charge in [0.25, 0.3) is 0 Å². The summed E-state index contributed by atoms with van der Waals surface area (Å²) in [5.41, 5.74) is 1.16. The molecule has 0 fully saturated rings. The number of halogens is 1. The van der Waals surface area contributed by atoms with Crippen LogP contribution in [0.1, 0.15) is 18.3 Å². The van der Waals surface area contributed by atoms with Gasteiger partial charge in [0.05, 0.1) is 0 Å². The fraction of sp³-hybridized carbons (Fsp3) is 0.273. The molecular weight excluding hydrogens is 270 g/mol. The smallest absolute Gasteiger partial charge is 0.321 e. The largest absolute Gasteiger partial charge is 0.338 e. The highest BCUT2D eigenvalue weighted by molar-refractivity contribution is 9.10. The third-order valence-electron chi connectivity index (χ3n) is 2.07. The summed E-state index contributed by atoms with van der Waals surface area (Å²) < 4.78 is 6.09. The van der Waals surface area contributed by atoms with Crippen molar-refractivity contribution in [3.05, 3.63) is 40.1 Å². The first-order valence-corrected chi connectivity index (χ1v) is 5.88. The summed E-state index contributed by atoms with van der Waals surface area (Å²) in [6.07, 6.45) is 0.683. The Morgan fingerprint density at radius 1 is 1.31 bits per heavy atom. The summed E-state index contributed by atoms with van der Waals surface area (Å²) in [5.74, 6) is 0.693. The molecular formula is C11H12BrN3O. The van der Waals surface area contributed by atoms with Crippen molar-refractivity contribution in [1.82, 2.24) is 10.1 Å². The second-order valence-corrected chi connectivity index (χ2v) is 4.27. The summed E-state index contributed by atoms with van der Waals surface area (Å²) in [5, 5.41) is 6.87. The fourth-order valence-corrected chi connectivity index (χ4v) is 1.60. The van der Waals surface area contributed by atoms with Gasteiger partial charge in [0.15, 0.2) is 5.82 Å². The maximum Gasteiger partial charge on any atom is 0.321 e. The minimum atomic E-state index is 0.481. The molecule has 0 spiro atoms. The zero-order valence-electron chi connectivity index (χ0n) is 8.90. The Hall–Kier alpha value is -1.36. The van der Waals surface area contributed by atoms with Crippen LogP contribution < -0.4 is 5.32 Å². The molecule has 0 aliphatic rings. The van der Waals surface area contributed by atoms with E-state index >= 15 is 0 Å². The summed E-state index contributed by atoms with van der Waals surface area (Å²) in [6.45, 7) is 2.76. The summed E-state index contributed by atoms with van der Waals surface area (Å²) in [7, 11) is 0. The van der Waals surface area contributed by atoms with E-state index in [9.17, 15) is 0 Å². The monoisotopic (exact) mass is 281 g/mol. The lowest BCUT2D eigenvalue weighted by atomic mass is 10.1. The molecule has 4 nitrogen and oxygen atoms in total. The lowest BCUT2D eigenvalue weighted by Gasteiger charge is -1.96. The molecule has 0 radical (unpaired) electrons. The van der Waals surface area contributed by atoms with Gasteiger partial charge in [-0.2, -0.15) is 4.98 Å². The van der Waals surface area contributed by atoms with Crippen LogP contribution in [0.4, 0.5) is 6.01 Å². The highest BCUT2D eigenvalue weighted by atomic mass is 79.9. The quantitative estimate of drug-likeness (QED) is 0.936. The maximum atomic E-state index is 5.02. The van der Waals surface area contributed by atoms with Crippen molar-refractivity contribution in [1.29, 1.82) is 0 Å². The maximum absolute atomic E-state index is 5.02. The SMILES string of the molecule is CCNc1nc(Cc2ccc(Br)cc2)no1. The zero-order valence-corrected chi connectivity index (χ0v) is 10.5. The first-order chi connectivity index (χ1) is 7.78. The van der Waals surface area contributed by atoms with E-state index in [0.29, 0.717) is 18.3 Å². The Kier molecular flexibility index (Phi) is 3.56. The minimum Gasteiger partial charge on any atom is -0.338 e. The van der Waals surface area contributed by atoms with Gasteiger partial charge < -0.3 is 9.84 Å². The molecule has 0 saturated carbocycles. The lowest BCUT2D eigenvalue weighted by molar-refractivity contribution is 0.424. The van der Waals surface area contributed by atoms with Gasteiger partial charge in [0.1, 0.15) is 0 Å². The van der Waals surface area contributed by atoms with E-state index < -0.39 is 0 Å². The molecule has 5 heteroatoms. The molecule has 1 heterocycles. The van der Waals surface area contributed by atoms with Gasteiger partial charge >= 0.3 is 6.01 Å². The van der Waals surface area contributed by atoms with E-state index in [1.807, 2.05) is 31.2 Å². The Balaban J connectivity index is 2.05. The Morgan fingerprint density at radius 2 is 2.06 bits per heavy atom. The Labute approximate surface area is 102 Å². The van der Waals surface area contributed by atoms with Crippen LogP contribution in [0.5, 0.6) is 0 Å². The van der Waals surface area contributed by atoms with Crippen molar-refractivity contribution in [2.75, 3.05) is 11.9 Å². The van der Waals surface area contributed by atoms with Gasteiger partial charge in [0.2, 0.25) is 0 Å². The number of rotatable bonds is 4. The normalized spacial score (nSPS) is 10.4. The number of nitrogens with one attached hydrogen (secondary N) is 1. The van der Waals surface area contributed by atoms with Crippen LogP contribution >= 0.6 is 15.9 Å². The highest BCUT2D eigenvalue weighted by Crippen LogP contribution is 2.13. The molecule has 1 aromatic heterocycles. The minimum absolute atomic E-state index is 0.481. The molecule has 1 N–H and O–H groups in total. The van der Waals surface area contributed by atoms with Crippen LogP contribution in [-0.2, 0) is 6.42 Å². The highest BCUT2D eigenvalue weighted by Gasteiger charge is 2.05. The molecule has 0 unspecified atom stereocenters. The van der Waals surface area contributed by atoms with Crippen LogP contribution in [0.15, 0.2) is 33.3 Å². The van der Waals surface area contributed by atoms with Crippen molar-refractivity contribution in [2.24, 2.45) is 0 Å². The third-order valence-corrected chi connectivity index (χ3v) is 2.60. The molecule has 0 amide bonds. The van der Waals surface area contributed by atoms with E-state index in [0.717, 1.165) is 16.6 Å². The number of nitrogens with zero attached hydrogens (tertiary/aromatic N) is 2. The predicted octanol–water partition coefficient (Wildman–Crippen LogP) is 2.85. The Bertz CT molecular complexity index is 453. The average molecular weight is 282 g/mol. The van der Waals surface area contributed by atoms with Gasteiger partial charge in [-0.25, -0.2) is 0 Å². The van der Waals surface area contributed by atoms with Gasteiger partial charge in [-0.05, 0) is 24.6 Å². The first-order valence-electron chi connectivity index (χ1n) is 5.09. The average Bonchev–Trinajstić information content (AvgIpc) is 2.70.